The molecular weight excluding hydrogens is 309 g/mol. The van der Waals surface area contributed by atoms with Gasteiger partial charge in [-0.05, 0) is 18.2 Å². The first-order valence-electron chi connectivity index (χ1n) is 5.68. The number of hydrogen-bond donors (Lipinski definition) is 0. The summed E-state index contributed by atoms with van der Waals surface area (Å²) >= 11 is 5.62. The van der Waals surface area contributed by atoms with Crippen LogP contribution in [-0.4, -0.2) is 34.3 Å². The first-order valence-corrected chi connectivity index (χ1v) is 7.67. The van der Waals surface area contributed by atoms with E-state index in [1.165, 1.54) is 33.2 Å². The number of nitrogens with zero attached hydrogens (tertiary/aromatic N) is 1. The van der Waals surface area contributed by atoms with Crippen molar-refractivity contribution < 1.29 is 22.3 Å². The highest BCUT2D eigenvalue weighted by molar-refractivity contribution is 7.92. The molecule has 0 saturated heterocycles. The van der Waals surface area contributed by atoms with Crippen molar-refractivity contribution in [2.24, 2.45) is 5.92 Å². The number of carbonyl (C=O) groups is 1. The van der Waals surface area contributed by atoms with Crippen molar-refractivity contribution in [2.75, 3.05) is 24.2 Å². The molecule has 0 aliphatic heterocycles. The summed E-state index contributed by atoms with van der Waals surface area (Å²) in [7, 11) is -1.25. The van der Waals surface area contributed by atoms with Gasteiger partial charge < -0.3 is 4.74 Å². The monoisotopic (exact) mass is 323 g/mol. The zero-order valence-electron chi connectivity index (χ0n) is 11.3. The van der Waals surface area contributed by atoms with Crippen LogP contribution >= 0.6 is 11.6 Å². The Kier molecular flexibility index (Phi) is 5.35. The standard InChI is InChI=1S/C12H15ClFNO4S/c1-8(12(16)19-3)7-20(17,18)15(2)9-4-5-11(14)10(13)6-9/h4-6,8H,7H2,1-3H3/t8-/m0/s1. The average Bonchev–Trinajstić information content (AvgIpc) is 2.39. The molecule has 0 heterocycles. The molecule has 1 rings (SSSR count). The molecule has 112 valence electrons. The fraction of sp³-hybridized carbons (Fsp3) is 0.417. The lowest BCUT2D eigenvalue weighted by atomic mass is 10.2. The number of halogens is 2. The Morgan fingerprint density at radius 2 is 2.10 bits per heavy atom. The van der Waals surface area contributed by atoms with Crippen LogP contribution in [0, 0.1) is 11.7 Å². The van der Waals surface area contributed by atoms with Crippen molar-refractivity contribution >= 4 is 33.3 Å². The van der Waals surface area contributed by atoms with Gasteiger partial charge in [0.2, 0.25) is 10.0 Å². The summed E-state index contributed by atoms with van der Waals surface area (Å²) in [6, 6.07) is 3.58. The minimum absolute atomic E-state index is 0.175. The number of sulfonamides is 1. The Labute approximate surface area is 122 Å². The summed E-state index contributed by atoms with van der Waals surface area (Å²) in [4.78, 5) is 11.3. The van der Waals surface area contributed by atoms with E-state index < -0.39 is 33.5 Å². The molecule has 20 heavy (non-hydrogen) atoms. The Morgan fingerprint density at radius 3 is 2.60 bits per heavy atom. The molecule has 0 bridgehead atoms. The van der Waals surface area contributed by atoms with Gasteiger partial charge in [0.25, 0.3) is 0 Å². The lowest BCUT2D eigenvalue weighted by molar-refractivity contribution is -0.144. The number of rotatable bonds is 5. The van der Waals surface area contributed by atoms with Crippen LogP contribution in [0.2, 0.25) is 5.02 Å². The van der Waals surface area contributed by atoms with Gasteiger partial charge in [-0.15, -0.1) is 0 Å². The van der Waals surface area contributed by atoms with Crippen molar-refractivity contribution in [1.29, 1.82) is 0 Å². The topological polar surface area (TPSA) is 63.7 Å². The van der Waals surface area contributed by atoms with E-state index in [9.17, 15) is 17.6 Å². The van der Waals surface area contributed by atoms with Crippen molar-refractivity contribution in [3.8, 4) is 0 Å². The summed E-state index contributed by atoms with van der Waals surface area (Å²) in [5.41, 5.74) is 0.216. The van der Waals surface area contributed by atoms with Crippen LogP contribution in [0.4, 0.5) is 10.1 Å². The normalized spacial score (nSPS) is 12.8. The lowest BCUT2D eigenvalue weighted by Gasteiger charge is -2.21. The highest BCUT2D eigenvalue weighted by Crippen LogP contribution is 2.24. The molecule has 0 unspecified atom stereocenters. The van der Waals surface area contributed by atoms with Crippen LogP contribution in [0.3, 0.4) is 0 Å². The fourth-order valence-corrected chi connectivity index (χ4v) is 3.14. The highest BCUT2D eigenvalue weighted by Gasteiger charge is 2.26. The van der Waals surface area contributed by atoms with Gasteiger partial charge in [-0.25, -0.2) is 12.8 Å². The minimum atomic E-state index is -3.75. The zero-order valence-corrected chi connectivity index (χ0v) is 12.8. The van der Waals surface area contributed by atoms with Crippen molar-refractivity contribution in [1.82, 2.24) is 0 Å². The third-order valence-electron chi connectivity index (χ3n) is 2.75. The van der Waals surface area contributed by atoms with Gasteiger partial charge >= 0.3 is 5.97 Å². The Morgan fingerprint density at radius 1 is 1.50 bits per heavy atom. The number of ether oxygens (including phenoxy) is 1. The summed E-state index contributed by atoms with van der Waals surface area (Å²) in [5.74, 6) is -2.46. The average molecular weight is 324 g/mol. The summed E-state index contributed by atoms with van der Waals surface area (Å²) in [6.45, 7) is 1.45. The molecule has 0 N–H and O–H groups in total. The van der Waals surface area contributed by atoms with Crippen LogP contribution in [0.5, 0.6) is 0 Å². The maximum Gasteiger partial charge on any atom is 0.309 e. The van der Waals surface area contributed by atoms with E-state index in [1.807, 2.05) is 0 Å². The van der Waals surface area contributed by atoms with Crippen LogP contribution in [0.15, 0.2) is 18.2 Å². The number of carbonyl (C=O) groups excluding carboxylic acids is 1. The zero-order chi connectivity index (χ0) is 15.5. The SMILES string of the molecule is COC(=O)[C@@H](C)CS(=O)(=O)N(C)c1ccc(F)c(Cl)c1. The molecule has 0 radical (unpaired) electrons. The number of esters is 1. The van der Waals surface area contributed by atoms with E-state index >= 15 is 0 Å². The summed E-state index contributed by atoms with van der Waals surface area (Å²) < 4.78 is 42.8. The predicted molar refractivity (Wildman–Crippen MR) is 74.8 cm³/mol. The van der Waals surface area contributed by atoms with E-state index in [0.717, 1.165) is 10.4 Å². The summed E-state index contributed by atoms with van der Waals surface area (Å²) in [6.07, 6.45) is 0. The van der Waals surface area contributed by atoms with Gasteiger partial charge in [0.15, 0.2) is 0 Å². The quantitative estimate of drug-likeness (QED) is 0.778. The molecule has 0 aliphatic carbocycles. The second-order valence-electron chi connectivity index (χ2n) is 4.27. The Hall–Kier alpha value is -1.34. The number of hydrogen-bond acceptors (Lipinski definition) is 4. The van der Waals surface area contributed by atoms with Crippen LogP contribution in [0.25, 0.3) is 0 Å². The molecule has 1 atom stereocenters. The van der Waals surface area contributed by atoms with Gasteiger partial charge in [0.1, 0.15) is 5.82 Å². The van der Waals surface area contributed by atoms with E-state index in [2.05, 4.69) is 4.74 Å². The predicted octanol–water partition coefficient (Wildman–Crippen LogP) is 2.05. The largest absolute Gasteiger partial charge is 0.469 e. The number of benzene rings is 1. The van der Waals surface area contributed by atoms with Gasteiger partial charge in [-0.3, -0.25) is 9.10 Å². The molecule has 0 saturated carbocycles. The van der Waals surface area contributed by atoms with E-state index in [1.54, 1.807) is 0 Å². The Bertz CT molecular complexity index is 605. The lowest BCUT2D eigenvalue weighted by Crippen LogP contribution is -2.34. The molecule has 0 spiro atoms. The Balaban J connectivity index is 2.97. The van der Waals surface area contributed by atoms with Crippen LogP contribution < -0.4 is 4.31 Å². The molecule has 0 fully saturated rings. The third kappa shape index (κ3) is 3.83. The molecular formula is C12H15ClFNO4S. The molecule has 5 nitrogen and oxygen atoms in total. The fourth-order valence-electron chi connectivity index (χ4n) is 1.54. The molecule has 0 aliphatic rings. The van der Waals surface area contributed by atoms with Gasteiger partial charge in [-0.1, -0.05) is 18.5 Å². The van der Waals surface area contributed by atoms with E-state index in [0.29, 0.717) is 0 Å². The van der Waals surface area contributed by atoms with Crippen molar-refractivity contribution in [2.45, 2.75) is 6.92 Å². The van der Waals surface area contributed by atoms with Crippen LogP contribution in [0.1, 0.15) is 6.92 Å². The number of anilines is 1. The van der Waals surface area contributed by atoms with Gasteiger partial charge in [0, 0.05) is 7.05 Å². The van der Waals surface area contributed by atoms with Gasteiger partial charge in [-0.2, -0.15) is 0 Å². The molecule has 1 aromatic rings. The summed E-state index contributed by atoms with van der Waals surface area (Å²) in [5, 5.41) is -0.175. The van der Waals surface area contributed by atoms with Gasteiger partial charge in [0.05, 0.1) is 29.5 Å². The second kappa shape index (κ2) is 6.41. The van der Waals surface area contributed by atoms with Crippen molar-refractivity contribution in [3.05, 3.63) is 29.0 Å². The van der Waals surface area contributed by atoms with E-state index in [-0.39, 0.29) is 10.7 Å². The molecule has 0 amide bonds. The molecule has 0 aromatic heterocycles. The van der Waals surface area contributed by atoms with Crippen LogP contribution in [-0.2, 0) is 19.6 Å². The first kappa shape index (κ1) is 16.7. The first-order chi connectivity index (χ1) is 9.19. The molecule has 1 aromatic carbocycles. The molecule has 8 heteroatoms. The maximum atomic E-state index is 13.1. The number of methoxy groups -OCH3 is 1. The second-order valence-corrected chi connectivity index (χ2v) is 6.72. The third-order valence-corrected chi connectivity index (χ3v) is 5.00. The van der Waals surface area contributed by atoms with Crippen molar-refractivity contribution in [3.63, 3.8) is 0 Å². The van der Waals surface area contributed by atoms with E-state index in [4.69, 9.17) is 11.6 Å². The maximum absolute atomic E-state index is 13.1. The minimum Gasteiger partial charge on any atom is -0.469 e. The highest BCUT2D eigenvalue weighted by atomic mass is 35.5. The smallest absolute Gasteiger partial charge is 0.309 e.